The number of carbonyl (C=O) groups excluding carboxylic acids is 1. The van der Waals surface area contributed by atoms with Crippen LogP contribution in [0, 0.1) is 5.41 Å². The molecule has 1 aromatic rings. The van der Waals surface area contributed by atoms with E-state index in [-0.39, 0.29) is 16.7 Å². The van der Waals surface area contributed by atoms with Crippen LogP contribution >= 0.6 is 12.2 Å². The Hall–Kier alpha value is -1.42. The fraction of sp³-hybridized carbons (Fsp3) is 0.467. The van der Waals surface area contributed by atoms with Crippen LogP contribution in [0.3, 0.4) is 0 Å². The van der Waals surface area contributed by atoms with Crippen LogP contribution in [0.4, 0.5) is 0 Å². The molecule has 0 bridgehead atoms. The number of hydrogen-bond acceptors (Lipinski definition) is 2. The van der Waals surface area contributed by atoms with Crippen molar-refractivity contribution in [2.75, 3.05) is 6.54 Å². The zero-order valence-electron chi connectivity index (χ0n) is 11.4. The van der Waals surface area contributed by atoms with E-state index in [0.717, 1.165) is 18.4 Å². The molecule has 4 heteroatoms. The van der Waals surface area contributed by atoms with Crippen LogP contribution < -0.4 is 11.1 Å². The predicted octanol–water partition coefficient (Wildman–Crippen LogP) is 2.15. The van der Waals surface area contributed by atoms with Gasteiger partial charge in [0.25, 0.3) is 0 Å². The lowest BCUT2D eigenvalue weighted by Gasteiger charge is -2.25. The van der Waals surface area contributed by atoms with Crippen molar-refractivity contribution < 1.29 is 4.79 Å². The molecule has 0 aromatic heterocycles. The molecule has 1 fully saturated rings. The maximum Gasteiger partial charge on any atom is 0.230 e. The van der Waals surface area contributed by atoms with Gasteiger partial charge in [-0.2, -0.15) is 0 Å². The van der Waals surface area contributed by atoms with Crippen molar-refractivity contribution in [3.05, 3.63) is 35.9 Å². The summed E-state index contributed by atoms with van der Waals surface area (Å²) in [6.45, 7) is 4.37. The van der Waals surface area contributed by atoms with Gasteiger partial charge >= 0.3 is 0 Å². The van der Waals surface area contributed by atoms with Gasteiger partial charge in [-0.25, -0.2) is 0 Å². The first-order chi connectivity index (χ1) is 8.88. The molecule has 0 radical (unpaired) electrons. The normalized spacial score (nSPS) is 16.7. The minimum atomic E-state index is -0.349. The van der Waals surface area contributed by atoms with E-state index < -0.39 is 0 Å². The second-order valence-electron chi connectivity index (χ2n) is 5.88. The smallest absolute Gasteiger partial charge is 0.230 e. The van der Waals surface area contributed by atoms with Crippen molar-refractivity contribution in [3.63, 3.8) is 0 Å². The second kappa shape index (κ2) is 4.93. The minimum Gasteiger partial charge on any atom is -0.393 e. The molecule has 0 heterocycles. The van der Waals surface area contributed by atoms with E-state index in [1.54, 1.807) is 0 Å². The van der Waals surface area contributed by atoms with Gasteiger partial charge in [-0.3, -0.25) is 4.79 Å². The Balaban J connectivity index is 2.04. The second-order valence-corrected chi connectivity index (χ2v) is 6.32. The summed E-state index contributed by atoms with van der Waals surface area (Å²) in [5, 5.41) is 3.00. The number of nitrogens with two attached hydrogens (primary N) is 1. The van der Waals surface area contributed by atoms with E-state index in [4.69, 9.17) is 18.0 Å². The van der Waals surface area contributed by atoms with Gasteiger partial charge in [-0.05, 0) is 18.4 Å². The molecule has 1 aliphatic carbocycles. The van der Waals surface area contributed by atoms with Crippen LogP contribution in [0.2, 0.25) is 0 Å². The van der Waals surface area contributed by atoms with E-state index in [9.17, 15) is 4.79 Å². The lowest BCUT2D eigenvalue weighted by Crippen LogP contribution is -2.44. The Labute approximate surface area is 119 Å². The summed E-state index contributed by atoms with van der Waals surface area (Å²) in [7, 11) is 0. The molecule has 3 nitrogen and oxygen atoms in total. The molecule has 0 atom stereocenters. The molecule has 1 amide bonds. The Morgan fingerprint density at radius 2 is 1.95 bits per heavy atom. The molecule has 102 valence electrons. The number of hydrogen-bond donors (Lipinski definition) is 2. The number of rotatable bonds is 5. The molecule has 0 aliphatic heterocycles. The van der Waals surface area contributed by atoms with E-state index in [2.05, 4.69) is 5.32 Å². The topological polar surface area (TPSA) is 55.1 Å². The number of nitrogens with one attached hydrogen (secondary N) is 1. The zero-order chi connectivity index (χ0) is 14.1. The summed E-state index contributed by atoms with van der Waals surface area (Å²) in [4.78, 5) is 12.8. The number of carbonyl (C=O) groups is 1. The maximum atomic E-state index is 12.4. The summed E-state index contributed by atoms with van der Waals surface area (Å²) in [5.41, 5.74) is 6.09. The zero-order valence-corrected chi connectivity index (χ0v) is 12.2. The van der Waals surface area contributed by atoms with Crippen molar-refractivity contribution in [1.82, 2.24) is 5.32 Å². The highest BCUT2D eigenvalue weighted by Crippen LogP contribution is 2.48. The van der Waals surface area contributed by atoms with Gasteiger partial charge in [0.05, 0.1) is 10.4 Å². The van der Waals surface area contributed by atoms with Crippen LogP contribution in [0.1, 0.15) is 32.3 Å². The molecule has 19 heavy (non-hydrogen) atoms. The molecule has 1 aromatic carbocycles. The summed E-state index contributed by atoms with van der Waals surface area (Å²) in [5.74, 6) is 0.0861. The Morgan fingerprint density at radius 1 is 1.37 bits per heavy atom. The highest BCUT2D eigenvalue weighted by atomic mass is 32.1. The minimum absolute atomic E-state index is 0.0861. The third-order valence-corrected chi connectivity index (χ3v) is 4.42. The summed E-state index contributed by atoms with van der Waals surface area (Å²) >= 11 is 5.01. The number of amides is 1. The van der Waals surface area contributed by atoms with Gasteiger partial charge in [0.2, 0.25) is 5.91 Å². The van der Waals surface area contributed by atoms with Crippen molar-refractivity contribution in [2.45, 2.75) is 32.1 Å². The van der Waals surface area contributed by atoms with E-state index in [0.29, 0.717) is 11.5 Å². The standard InChI is InChI=1S/C15H20N2OS/c1-14(2,12(16)19)10-17-13(18)15(8-9-15)11-6-4-3-5-7-11/h3-7H,8-10H2,1-2H3,(H2,16,19)(H,17,18). The average molecular weight is 276 g/mol. The van der Waals surface area contributed by atoms with E-state index in [1.807, 2.05) is 44.2 Å². The third-order valence-electron chi connectivity index (χ3n) is 3.87. The molecule has 2 rings (SSSR count). The van der Waals surface area contributed by atoms with Crippen molar-refractivity contribution >= 4 is 23.1 Å². The lowest BCUT2D eigenvalue weighted by molar-refractivity contribution is -0.123. The average Bonchev–Trinajstić information content (AvgIpc) is 3.18. The molecule has 3 N–H and O–H groups in total. The first-order valence-corrected chi connectivity index (χ1v) is 6.93. The molecule has 0 spiro atoms. The number of benzene rings is 1. The summed E-state index contributed by atoms with van der Waals surface area (Å²) in [6, 6.07) is 9.95. The van der Waals surface area contributed by atoms with Crippen LogP contribution in [-0.2, 0) is 10.2 Å². The highest BCUT2D eigenvalue weighted by Gasteiger charge is 2.51. The van der Waals surface area contributed by atoms with Gasteiger partial charge in [0, 0.05) is 12.0 Å². The molecular weight excluding hydrogens is 256 g/mol. The SMILES string of the molecule is CC(C)(CNC(=O)C1(c2ccccc2)CC1)C(N)=S. The quantitative estimate of drug-likeness (QED) is 0.810. The largest absolute Gasteiger partial charge is 0.393 e. The molecule has 0 unspecified atom stereocenters. The summed E-state index contributed by atoms with van der Waals surface area (Å²) in [6.07, 6.45) is 1.83. The van der Waals surface area contributed by atoms with E-state index in [1.165, 1.54) is 0 Å². The van der Waals surface area contributed by atoms with Crippen LogP contribution in [0.25, 0.3) is 0 Å². The van der Waals surface area contributed by atoms with Gasteiger partial charge < -0.3 is 11.1 Å². The predicted molar refractivity (Wildman–Crippen MR) is 80.9 cm³/mol. The Bertz CT molecular complexity index is 492. The molecule has 1 aliphatic rings. The third kappa shape index (κ3) is 2.78. The maximum absolute atomic E-state index is 12.4. The molecular formula is C15H20N2OS. The van der Waals surface area contributed by atoms with Crippen molar-refractivity contribution in [3.8, 4) is 0 Å². The van der Waals surface area contributed by atoms with Gasteiger partial charge in [0.15, 0.2) is 0 Å². The summed E-state index contributed by atoms with van der Waals surface area (Å²) < 4.78 is 0. The van der Waals surface area contributed by atoms with E-state index >= 15 is 0 Å². The highest BCUT2D eigenvalue weighted by molar-refractivity contribution is 7.80. The first kappa shape index (κ1) is 14.0. The Kier molecular flexibility index (Phi) is 3.63. The first-order valence-electron chi connectivity index (χ1n) is 6.52. The molecule has 0 saturated heterocycles. The monoisotopic (exact) mass is 276 g/mol. The Morgan fingerprint density at radius 3 is 2.42 bits per heavy atom. The van der Waals surface area contributed by atoms with Gasteiger partial charge in [-0.1, -0.05) is 56.4 Å². The van der Waals surface area contributed by atoms with Crippen molar-refractivity contribution in [1.29, 1.82) is 0 Å². The van der Waals surface area contributed by atoms with Crippen LogP contribution in [0.15, 0.2) is 30.3 Å². The van der Waals surface area contributed by atoms with Crippen LogP contribution in [-0.4, -0.2) is 17.4 Å². The number of thiocarbonyl (C=S) groups is 1. The molecule has 1 saturated carbocycles. The lowest BCUT2D eigenvalue weighted by atomic mass is 9.91. The fourth-order valence-corrected chi connectivity index (χ4v) is 2.16. The van der Waals surface area contributed by atoms with Crippen LogP contribution in [0.5, 0.6) is 0 Å². The van der Waals surface area contributed by atoms with Gasteiger partial charge in [0.1, 0.15) is 0 Å². The van der Waals surface area contributed by atoms with Crippen molar-refractivity contribution in [2.24, 2.45) is 11.1 Å². The fourth-order valence-electron chi connectivity index (χ4n) is 2.09. The van der Waals surface area contributed by atoms with Gasteiger partial charge in [-0.15, -0.1) is 0 Å².